The van der Waals surface area contributed by atoms with Crippen molar-refractivity contribution in [1.82, 2.24) is 5.32 Å². The van der Waals surface area contributed by atoms with Crippen LogP contribution in [0.1, 0.15) is 37.7 Å². The minimum atomic E-state index is -0.236. The first-order chi connectivity index (χ1) is 9.21. The molecule has 0 heterocycles. The van der Waals surface area contributed by atoms with Gasteiger partial charge in [-0.2, -0.15) is 0 Å². The number of carbonyl (C=O) groups is 1. The van der Waals surface area contributed by atoms with E-state index in [1.54, 1.807) is 0 Å². The van der Waals surface area contributed by atoms with Crippen molar-refractivity contribution in [3.63, 3.8) is 0 Å². The average molecular weight is 258 g/mol. The van der Waals surface area contributed by atoms with E-state index in [1.165, 1.54) is 12.8 Å². The highest BCUT2D eigenvalue weighted by Gasteiger charge is 2.52. The number of carbonyl (C=O) groups excluding carboxylic acids is 1. The van der Waals surface area contributed by atoms with Gasteiger partial charge in [0.15, 0.2) is 0 Å². The maximum absolute atomic E-state index is 12.5. The third kappa shape index (κ3) is 2.39. The Bertz CT molecular complexity index is 461. The topological polar surface area (TPSA) is 55.1 Å². The zero-order chi connectivity index (χ0) is 13.3. The minimum absolute atomic E-state index is 0.210. The van der Waals surface area contributed by atoms with E-state index >= 15 is 0 Å². The van der Waals surface area contributed by atoms with Crippen LogP contribution in [0.2, 0.25) is 0 Å². The average Bonchev–Trinajstić information content (AvgIpc) is 3.34. The highest BCUT2D eigenvalue weighted by atomic mass is 16.2. The Morgan fingerprint density at radius 2 is 1.84 bits per heavy atom. The van der Waals surface area contributed by atoms with Gasteiger partial charge in [-0.3, -0.25) is 4.79 Å². The van der Waals surface area contributed by atoms with Crippen LogP contribution in [-0.2, 0) is 10.2 Å². The Kier molecular flexibility index (Phi) is 3.09. The normalized spacial score (nSPS) is 21.7. The summed E-state index contributed by atoms with van der Waals surface area (Å²) in [5.41, 5.74) is 6.88. The number of hydrogen-bond acceptors (Lipinski definition) is 2. The molecule has 3 N–H and O–H groups in total. The summed E-state index contributed by atoms with van der Waals surface area (Å²) in [6, 6.07) is 10.2. The van der Waals surface area contributed by atoms with E-state index in [-0.39, 0.29) is 11.3 Å². The molecule has 0 bridgehead atoms. The Morgan fingerprint density at radius 1 is 1.16 bits per heavy atom. The van der Waals surface area contributed by atoms with E-state index in [9.17, 15) is 4.79 Å². The minimum Gasteiger partial charge on any atom is -0.355 e. The molecule has 102 valence electrons. The number of amides is 1. The Balaban J connectivity index is 1.62. The smallest absolute Gasteiger partial charge is 0.230 e. The molecule has 0 aliphatic heterocycles. The number of hydrogen-bond donors (Lipinski definition) is 2. The molecule has 2 saturated carbocycles. The molecule has 1 aromatic carbocycles. The van der Waals surface area contributed by atoms with Gasteiger partial charge in [-0.05, 0) is 49.6 Å². The van der Waals surface area contributed by atoms with Crippen LogP contribution in [0.3, 0.4) is 0 Å². The van der Waals surface area contributed by atoms with Gasteiger partial charge >= 0.3 is 0 Å². The molecule has 19 heavy (non-hydrogen) atoms. The summed E-state index contributed by atoms with van der Waals surface area (Å²) in [5, 5.41) is 3.18. The molecule has 0 spiro atoms. The zero-order valence-corrected chi connectivity index (χ0v) is 11.3. The van der Waals surface area contributed by atoms with E-state index < -0.39 is 0 Å². The molecule has 3 nitrogen and oxygen atoms in total. The van der Waals surface area contributed by atoms with E-state index in [1.807, 2.05) is 18.2 Å². The zero-order valence-electron chi connectivity index (χ0n) is 11.3. The van der Waals surface area contributed by atoms with Crippen molar-refractivity contribution in [2.24, 2.45) is 11.1 Å². The van der Waals surface area contributed by atoms with Crippen molar-refractivity contribution in [2.45, 2.75) is 37.5 Å². The van der Waals surface area contributed by atoms with Crippen molar-refractivity contribution >= 4 is 5.91 Å². The molecule has 1 aromatic rings. The molecular weight excluding hydrogens is 236 g/mol. The molecule has 3 heteroatoms. The van der Waals surface area contributed by atoms with Crippen LogP contribution in [0.15, 0.2) is 30.3 Å². The predicted molar refractivity (Wildman–Crippen MR) is 75.7 cm³/mol. The quantitative estimate of drug-likeness (QED) is 0.819. The first-order valence-electron chi connectivity index (χ1n) is 7.25. The van der Waals surface area contributed by atoms with Gasteiger partial charge in [0.1, 0.15) is 0 Å². The molecule has 2 aliphatic carbocycles. The van der Waals surface area contributed by atoms with Gasteiger partial charge in [0.25, 0.3) is 0 Å². The molecule has 0 atom stereocenters. The third-order valence-corrected chi connectivity index (χ3v) is 4.77. The second-order valence-electron chi connectivity index (χ2n) is 6.17. The highest BCUT2D eigenvalue weighted by Crippen LogP contribution is 2.50. The van der Waals surface area contributed by atoms with Gasteiger partial charge in [0.2, 0.25) is 5.91 Å². The lowest BCUT2D eigenvalue weighted by Gasteiger charge is -2.19. The molecular formula is C16H22N2O. The SMILES string of the molecule is NCCC1(CNC(=O)C2(c3ccccc3)CC2)CC1. The Labute approximate surface area is 114 Å². The van der Waals surface area contributed by atoms with Gasteiger partial charge < -0.3 is 11.1 Å². The van der Waals surface area contributed by atoms with E-state index in [0.29, 0.717) is 5.41 Å². The molecule has 2 aliphatic rings. The van der Waals surface area contributed by atoms with Crippen molar-refractivity contribution in [2.75, 3.05) is 13.1 Å². The van der Waals surface area contributed by atoms with Crippen molar-refractivity contribution in [3.05, 3.63) is 35.9 Å². The lowest BCUT2D eigenvalue weighted by atomic mass is 9.94. The van der Waals surface area contributed by atoms with Crippen molar-refractivity contribution in [1.29, 1.82) is 0 Å². The Hall–Kier alpha value is -1.35. The summed E-state index contributed by atoms with van der Waals surface area (Å²) in [7, 11) is 0. The van der Waals surface area contributed by atoms with Crippen LogP contribution in [0.4, 0.5) is 0 Å². The van der Waals surface area contributed by atoms with Gasteiger partial charge in [0.05, 0.1) is 5.41 Å². The van der Waals surface area contributed by atoms with Gasteiger partial charge in [-0.25, -0.2) is 0 Å². The van der Waals surface area contributed by atoms with Crippen molar-refractivity contribution in [3.8, 4) is 0 Å². The van der Waals surface area contributed by atoms with Crippen molar-refractivity contribution < 1.29 is 4.79 Å². The second kappa shape index (κ2) is 4.64. The molecule has 0 saturated heterocycles. The first-order valence-corrected chi connectivity index (χ1v) is 7.25. The number of nitrogens with two attached hydrogens (primary N) is 1. The van der Waals surface area contributed by atoms with E-state index in [4.69, 9.17) is 5.73 Å². The summed E-state index contributed by atoms with van der Waals surface area (Å²) in [6.45, 7) is 1.53. The third-order valence-electron chi connectivity index (χ3n) is 4.77. The summed E-state index contributed by atoms with van der Waals surface area (Å²) < 4.78 is 0. The Morgan fingerprint density at radius 3 is 2.37 bits per heavy atom. The maximum Gasteiger partial charge on any atom is 0.230 e. The largest absolute Gasteiger partial charge is 0.355 e. The lowest BCUT2D eigenvalue weighted by molar-refractivity contribution is -0.123. The number of benzene rings is 1. The highest BCUT2D eigenvalue weighted by molar-refractivity contribution is 5.91. The fourth-order valence-electron chi connectivity index (χ4n) is 2.96. The van der Waals surface area contributed by atoms with Crippen LogP contribution in [0.25, 0.3) is 0 Å². The number of rotatable bonds is 6. The molecule has 0 aromatic heterocycles. The molecule has 2 fully saturated rings. The monoisotopic (exact) mass is 258 g/mol. The lowest BCUT2D eigenvalue weighted by Crippen LogP contribution is -2.38. The predicted octanol–water partition coefficient (Wildman–Crippen LogP) is 1.96. The molecule has 1 amide bonds. The molecule has 0 radical (unpaired) electrons. The summed E-state index contributed by atoms with van der Waals surface area (Å²) in [5.74, 6) is 0.210. The maximum atomic E-state index is 12.5. The first kappa shape index (κ1) is 12.7. The summed E-state index contributed by atoms with van der Waals surface area (Å²) >= 11 is 0. The van der Waals surface area contributed by atoms with E-state index in [0.717, 1.165) is 37.9 Å². The van der Waals surface area contributed by atoms with Gasteiger partial charge in [-0.1, -0.05) is 30.3 Å². The number of nitrogens with one attached hydrogen (secondary N) is 1. The van der Waals surface area contributed by atoms with Gasteiger partial charge in [0, 0.05) is 6.54 Å². The molecule has 0 unspecified atom stereocenters. The van der Waals surface area contributed by atoms with Gasteiger partial charge in [-0.15, -0.1) is 0 Å². The van der Waals surface area contributed by atoms with E-state index in [2.05, 4.69) is 17.4 Å². The van der Waals surface area contributed by atoms with Crippen LogP contribution >= 0.6 is 0 Å². The summed E-state index contributed by atoms with van der Waals surface area (Å²) in [6.07, 6.45) is 5.41. The van der Waals surface area contributed by atoms with Crippen LogP contribution in [-0.4, -0.2) is 19.0 Å². The second-order valence-corrected chi connectivity index (χ2v) is 6.17. The van der Waals surface area contributed by atoms with Crippen LogP contribution in [0, 0.1) is 5.41 Å². The fraction of sp³-hybridized carbons (Fsp3) is 0.562. The van der Waals surface area contributed by atoms with Crippen LogP contribution in [0.5, 0.6) is 0 Å². The summed E-state index contributed by atoms with van der Waals surface area (Å²) in [4.78, 5) is 12.5. The fourth-order valence-corrected chi connectivity index (χ4v) is 2.96. The molecule has 3 rings (SSSR count). The van der Waals surface area contributed by atoms with Crippen LogP contribution < -0.4 is 11.1 Å². The standard InChI is InChI=1S/C16H22N2O/c17-11-10-15(6-7-15)12-18-14(19)16(8-9-16)13-4-2-1-3-5-13/h1-5H,6-12,17H2,(H,18,19).